The molecule has 0 saturated carbocycles. The minimum Gasteiger partial charge on any atom is -0.672 e. The molecule has 144 valence electrons. The Kier molecular flexibility index (Phi) is 153. The van der Waals surface area contributed by atoms with Crippen molar-refractivity contribution in [1.82, 2.24) is 0 Å². The van der Waals surface area contributed by atoms with E-state index in [-0.39, 0.29) is 75.3 Å². The molecule has 0 radical (unpaired) electrons. The summed E-state index contributed by atoms with van der Waals surface area (Å²) in [6, 6.07) is 0. The van der Waals surface area contributed by atoms with Crippen LogP contribution in [0.2, 0.25) is 0 Å². The van der Waals surface area contributed by atoms with Gasteiger partial charge in [-0.25, -0.2) is 0 Å². The molecule has 0 fully saturated rings. The molecule has 0 amide bonds. The summed E-state index contributed by atoms with van der Waals surface area (Å²) in [6.45, 7) is 0. The molecule has 0 heterocycles. The van der Waals surface area contributed by atoms with Crippen LogP contribution in [0.25, 0.3) is 0 Å². The Hall–Kier alpha value is -0.299. The van der Waals surface area contributed by atoms with Gasteiger partial charge in [-0.2, -0.15) is 0 Å². The Balaban J connectivity index is -0.0000000144. The van der Waals surface area contributed by atoms with E-state index in [1.165, 1.54) is 0 Å². The molecule has 0 bridgehead atoms. The Labute approximate surface area is 213 Å². The number of hydrogen-bond acceptors (Lipinski definition) is 18. The molecule has 0 unspecified atom stereocenters. The first-order valence-corrected chi connectivity index (χ1v) is 11.0. The van der Waals surface area contributed by atoms with E-state index < -0.39 is 55.0 Å². The summed E-state index contributed by atoms with van der Waals surface area (Å²) in [5.41, 5.74) is 0. The van der Waals surface area contributed by atoms with Gasteiger partial charge in [0.25, 0.3) is 0 Å². The van der Waals surface area contributed by atoms with Crippen LogP contribution >= 0.6 is 0 Å². The van der Waals surface area contributed by atoms with Crippen molar-refractivity contribution < 1.29 is 143 Å². The van der Waals surface area contributed by atoms with Gasteiger partial charge in [-0.05, 0) is 0 Å². The van der Waals surface area contributed by atoms with Gasteiger partial charge in [0.05, 0.1) is 0 Å². The monoisotopic (exact) mass is 670 g/mol. The van der Waals surface area contributed by atoms with Crippen LogP contribution in [0.4, 0.5) is 0 Å². The van der Waals surface area contributed by atoms with Crippen LogP contribution in [0.5, 0.6) is 0 Å². The normalized spacial score (nSPS) is 4.97. The van der Waals surface area contributed by atoms with Crippen molar-refractivity contribution in [3.05, 3.63) is 0 Å². The molecule has 18 nitrogen and oxygen atoms in total. The predicted octanol–water partition coefficient (Wildman–Crippen LogP) is -18.0. The van der Waals surface area contributed by atoms with E-state index in [0.717, 1.165) is 0 Å². The smallest absolute Gasteiger partial charge is 0.672 e. The van der Waals surface area contributed by atoms with E-state index in [1.807, 2.05) is 0 Å². The Bertz CT molecular complexity index is 275. The maximum atomic E-state index is 8.52. The number of hydrogen-bond donors (Lipinski definition) is 0. The molecule has 29 heteroatoms. The topological polar surface area (TPSA) is 379 Å². The summed E-state index contributed by atoms with van der Waals surface area (Å²) in [5.74, 6) is 0. The van der Waals surface area contributed by atoms with Crippen LogP contribution in [-0.2, 0) is 85.2 Å². The van der Waals surface area contributed by atoms with Crippen molar-refractivity contribution in [3.63, 3.8) is 0 Å². The van der Waals surface area contributed by atoms with Crippen molar-refractivity contribution >= 4 is 71.8 Å². The molecule has 0 aromatic carbocycles. The minimum atomic E-state index is -3.63. The SMILES string of the molecule is O=[Si]([O-])[O-].O=[Si]([O-])[O-].O=[Si]([O-])[O-].O=[Si]([O-])[O-].O=[Si]([O-])[O-].O=[Si]([O-])[O-].[B+3].[B+3].[Zn+2].[Zn+2].[Zn+2]. The van der Waals surface area contributed by atoms with Gasteiger partial charge in [0, 0.05) is 55.0 Å². The van der Waals surface area contributed by atoms with Gasteiger partial charge >= 0.3 is 75.3 Å². The standard InChI is InChI=1S/2B.6O3Si.3Zn/c;;6*1-4(2)3;;;/q2*+3;6*-2;3*+2. The Morgan fingerprint density at radius 2 is 0.276 bits per heavy atom. The summed E-state index contributed by atoms with van der Waals surface area (Å²) in [4.78, 5) is 102. The van der Waals surface area contributed by atoms with Crippen LogP contribution in [-0.4, -0.2) is 71.8 Å². The van der Waals surface area contributed by atoms with Crippen LogP contribution in [0.3, 0.4) is 0 Å². The van der Waals surface area contributed by atoms with Gasteiger partial charge in [0.1, 0.15) is 0 Å². The second-order valence-electron chi connectivity index (χ2n) is 1.50. The first-order chi connectivity index (χ1) is 10.4. The van der Waals surface area contributed by atoms with Crippen molar-refractivity contribution in [2.24, 2.45) is 0 Å². The molecule has 0 spiro atoms. The minimum absolute atomic E-state index is 0. The van der Waals surface area contributed by atoms with Crippen molar-refractivity contribution in [3.8, 4) is 0 Å². The first kappa shape index (κ1) is 70.3. The van der Waals surface area contributed by atoms with Crippen LogP contribution in [0.15, 0.2) is 0 Å². The molecule has 0 aliphatic rings. The Morgan fingerprint density at radius 3 is 0.276 bits per heavy atom. The zero-order valence-corrected chi connectivity index (χ0v) is 28.5. The molecule has 0 rings (SSSR count). The largest absolute Gasteiger partial charge is 3.00 e. The molecule has 0 atom stereocenters. The molecule has 0 aromatic heterocycles. The maximum absolute atomic E-state index is 8.52. The molecule has 0 aliphatic carbocycles. The molecular formula is B2O18Si6Zn3. The summed E-state index contributed by atoms with van der Waals surface area (Å²) in [7, 11) is -21.8. The molecule has 0 N–H and O–H groups in total. The predicted molar refractivity (Wildman–Crippen MR) is 50.2 cm³/mol. The summed E-state index contributed by atoms with van der Waals surface area (Å²) >= 11 is 0. The summed E-state index contributed by atoms with van der Waals surface area (Å²) in [5, 5.41) is 0. The number of rotatable bonds is 0. The van der Waals surface area contributed by atoms with E-state index in [4.69, 9.17) is 84.3 Å². The van der Waals surface area contributed by atoms with Gasteiger partial charge in [0.15, 0.2) is 0 Å². The fourth-order valence-corrected chi connectivity index (χ4v) is 0. The zero-order chi connectivity index (χ0) is 21.5. The van der Waals surface area contributed by atoms with Crippen LogP contribution < -0.4 is 57.5 Å². The maximum Gasteiger partial charge on any atom is 3.00 e. The van der Waals surface area contributed by atoms with Gasteiger partial charge < -0.3 is 84.3 Å². The van der Waals surface area contributed by atoms with E-state index in [2.05, 4.69) is 0 Å². The van der Waals surface area contributed by atoms with E-state index >= 15 is 0 Å². The van der Waals surface area contributed by atoms with Crippen molar-refractivity contribution in [2.75, 3.05) is 0 Å². The molecule has 0 aromatic rings. The van der Waals surface area contributed by atoms with Crippen molar-refractivity contribution in [2.45, 2.75) is 0 Å². The third kappa shape index (κ3) is 205000. The fourth-order valence-electron chi connectivity index (χ4n) is 0. The average molecular weight is 674 g/mol. The average Bonchev–Trinajstić information content (AvgIpc) is 2.08. The molecular weight excluding hydrogens is 674 g/mol. The van der Waals surface area contributed by atoms with Crippen LogP contribution in [0.1, 0.15) is 0 Å². The quantitative estimate of drug-likeness (QED) is 0.215. The third-order valence-corrected chi connectivity index (χ3v) is 0. The van der Waals surface area contributed by atoms with Crippen LogP contribution in [0, 0.1) is 0 Å². The molecule has 29 heavy (non-hydrogen) atoms. The molecule has 0 saturated heterocycles. The Morgan fingerprint density at radius 1 is 0.276 bits per heavy atom. The second kappa shape index (κ2) is 63.0. The van der Waals surface area contributed by atoms with Gasteiger partial charge in [-0.1, -0.05) is 0 Å². The zero-order valence-electron chi connectivity index (χ0n) is 13.6. The van der Waals surface area contributed by atoms with E-state index in [1.54, 1.807) is 0 Å². The summed E-state index contributed by atoms with van der Waals surface area (Å²) in [6.07, 6.45) is 0. The van der Waals surface area contributed by atoms with Gasteiger partial charge in [-0.15, -0.1) is 0 Å². The summed E-state index contributed by atoms with van der Waals surface area (Å²) < 4.78 is 51.1. The third-order valence-electron chi connectivity index (χ3n) is 0. The van der Waals surface area contributed by atoms with Gasteiger partial charge in [0.2, 0.25) is 0 Å². The van der Waals surface area contributed by atoms with Gasteiger partial charge in [-0.3, -0.25) is 0 Å². The second-order valence-corrected chi connectivity index (χ2v) is 4.50. The van der Waals surface area contributed by atoms with Crippen molar-refractivity contribution in [1.29, 1.82) is 0 Å². The molecule has 0 aliphatic heterocycles. The van der Waals surface area contributed by atoms with E-state index in [0.29, 0.717) is 0 Å². The fraction of sp³-hybridized carbons (Fsp3) is 0. The van der Waals surface area contributed by atoms with E-state index in [9.17, 15) is 0 Å². The first-order valence-electron chi connectivity index (χ1n) is 3.67.